The number of nitrogens with zero attached hydrogens (tertiary/aromatic N) is 1. The molecule has 0 heterocycles. The van der Waals surface area contributed by atoms with Crippen LogP contribution >= 0.6 is 15.9 Å². The molecule has 120 valence electrons. The Kier molecular flexibility index (Phi) is 6.81. The Hall–Kier alpha value is -2.14. The Labute approximate surface area is 144 Å². The van der Waals surface area contributed by atoms with Gasteiger partial charge in [0.25, 0.3) is 0 Å². The molecule has 0 spiro atoms. The van der Waals surface area contributed by atoms with Crippen LogP contribution in [0.2, 0.25) is 0 Å². The molecule has 0 atom stereocenters. The van der Waals surface area contributed by atoms with E-state index in [0.717, 1.165) is 27.8 Å². The van der Waals surface area contributed by atoms with Crippen LogP contribution in [0.1, 0.15) is 24.5 Å². The lowest BCUT2D eigenvalue weighted by atomic mass is 10.1. The zero-order chi connectivity index (χ0) is 16.5. The highest BCUT2D eigenvalue weighted by Gasteiger charge is 2.03. The molecule has 0 radical (unpaired) electrons. The van der Waals surface area contributed by atoms with Gasteiger partial charge in [0.15, 0.2) is 0 Å². The molecule has 1 amide bonds. The average Bonchev–Trinajstić information content (AvgIpc) is 2.56. The van der Waals surface area contributed by atoms with E-state index in [0.29, 0.717) is 13.0 Å². The van der Waals surface area contributed by atoms with Gasteiger partial charge in [-0.05, 0) is 36.2 Å². The highest BCUT2D eigenvalue weighted by Crippen LogP contribution is 2.16. The van der Waals surface area contributed by atoms with Crippen molar-refractivity contribution < 1.29 is 9.53 Å². The number of carbonyl (C=O) groups is 1. The van der Waals surface area contributed by atoms with Gasteiger partial charge in [-0.15, -0.1) is 0 Å². The summed E-state index contributed by atoms with van der Waals surface area (Å²) in [5.41, 5.74) is 4.32. The number of halogens is 1. The molecule has 0 bridgehead atoms. The first-order chi connectivity index (χ1) is 11.2. The van der Waals surface area contributed by atoms with Gasteiger partial charge < -0.3 is 4.74 Å². The summed E-state index contributed by atoms with van der Waals surface area (Å²) in [5, 5.41) is 4.01. The lowest BCUT2D eigenvalue weighted by molar-refractivity contribution is -0.120. The van der Waals surface area contributed by atoms with Crippen molar-refractivity contribution in [3.63, 3.8) is 0 Å². The second-order valence-electron chi connectivity index (χ2n) is 4.98. The van der Waals surface area contributed by atoms with E-state index in [2.05, 4.69) is 33.4 Å². The summed E-state index contributed by atoms with van der Waals surface area (Å²) in [4.78, 5) is 11.9. The summed E-state index contributed by atoms with van der Waals surface area (Å²) in [6.45, 7) is 2.71. The Morgan fingerprint density at radius 1 is 1.22 bits per heavy atom. The molecule has 0 aromatic heterocycles. The first-order valence-corrected chi connectivity index (χ1v) is 8.26. The van der Waals surface area contributed by atoms with Gasteiger partial charge in [0, 0.05) is 10.0 Å². The Balaban J connectivity index is 1.91. The smallest absolute Gasteiger partial charge is 0.244 e. The molecule has 0 aliphatic rings. The standard InChI is InChI=1S/C18H19BrN2O2/c1-2-11-23-17-6-4-3-5-15(17)13-20-21-18(22)12-14-7-9-16(19)10-8-14/h3-10,13H,2,11-12H2,1H3,(H,21,22)/b20-13+. The van der Waals surface area contributed by atoms with Gasteiger partial charge in [-0.25, -0.2) is 5.43 Å². The number of nitrogens with one attached hydrogen (secondary N) is 1. The quantitative estimate of drug-likeness (QED) is 0.589. The van der Waals surface area contributed by atoms with Crippen molar-refractivity contribution in [2.45, 2.75) is 19.8 Å². The van der Waals surface area contributed by atoms with Crippen LogP contribution in [0, 0.1) is 0 Å². The van der Waals surface area contributed by atoms with E-state index in [1.807, 2.05) is 48.5 Å². The van der Waals surface area contributed by atoms with E-state index >= 15 is 0 Å². The topological polar surface area (TPSA) is 50.7 Å². The maximum atomic E-state index is 11.9. The van der Waals surface area contributed by atoms with Crippen molar-refractivity contribution in [2.75, 3.05) is 6.61 Å². The second kappa shape index (κ2) is 9.10. The van der Waals surface area contributed by atoms with Crippen LogP contribution in [0.5, 0.6) is 5.75 Å². The second-order valence-corrected chi connectivity index (χ2v) is 5.90. The lowest BCUT2D eigenvalue weighted by Gasteiger charge is -2.07. The molecule has 0 saturated heterocycles. The first kappa shape index (κ1) is 17.2. The molecule has 0 fully saturated rings. The van der Waals surface area contributed by atoms with Crippen molar-refractivity contribution in [2.24, 2.45) is 5.10 Å². The molecule has 4 nitrogen and oxygen atoms in total. The fraction of sp³-hybridized carbons (Fsp3) is 0.222. The largest absolute Gasteiger partial charge is 0.493 e. The van der Waals surface area contributed by atoms with Crippen molar-refractivity contribution in [3.8, 4) is 5.75 Å². The molecule has 23 heavy (non-hydrogen) atoms. The molecule has 0 unspecified atom stereocenters. The number of ether oxygens (including phenoxy) is 1. The van der Waals surface area contributed by atoms with Gasteiger partial charge in [-0.2, -0.15) is 5.10 Å². The molecule has 2 aromatic rings. The van der Waals surface area contributed by atoms with Crippen LogP contribution in [0.3, 0.4) is 0 Å². The SMILES string of the molecule is CCCOc1ccccc1/C=N/NC(=O)Cc1ccc(Br)cc1. The predicted molar refractivity (Wildman–Crippen MR) is 95.8 cm³/mol. The minimum absolute atomic E-state index is 0.157. The number of rotatable bonds is 7. The number of para-hydroxylation sites is 1. The maximum absolute atomic E-state index is 11.9. The summed E-state index contributed by atoms with van der Waals surface area (Å²) in [5.74, 6) is 0.607. The minimum Gasteiger partial charge on any atom is -0.493 e. The van der Waals surface area contributed by atoms with E-state index in [1.165, 1.54) is 0 Å². The molecule has 5 heteroatoms. The molecule has 0 aliphatic carbocycles. The zero-order valence-electron chi connectivity index (χ0n) is 13.0. The number of hydrogen-bond donors (Lipinski definition) is 1. The van der Waals surface area contributed by atoms with Crippen LogP contribution in [0.25, 0.3) is 0 Å². The van der Waals surface area contributed by atoms with Gasteiger partial charge in [-0.3, -0.25) is 4.79 Å². The molecular weight excluding hydrogens is 356 g/mol. The number of hydrogen-bond acceptors (Lipinski definition) is 3. The summed E-state index contributed by atoms with van der Waals surface area (Å²) < 4.78 is 6.63. The summed E-state index contributed by atoms with van der Waals surface area (Å²) >= 11 is 3.37. The fourth-order valence-corrected chi connectivity index (χ4v) is 2.20. The molecular formula is C18H19BrN2O2. The van der Waals surface area contributed by atoms with Crippen LogP contribution in [0.15, 0.2) is 58.1 Å². The number of carbonyl (C=O) groups excluding carboxylic acids is 1. The maximum Gasteiger partial charge on any atom is 0.244 e. The highest BCUT2D eigenvalue weighted by molar-refractivity contribution is 9.10. The van der Waals surface area contributed by atoms with E-state index in [1.54, 1.807) is 6.21 Å². The van der Waals surface area contributed by atoms with Gasteiger partial charge in [0.1, 0.15) is 5.75 Å². The lowest BCUT2D eigenvalue weighted by Crippen LogP contribution is -2.19. The van der Waals surface area contributed by atoms with E-state index < -0.39 is 0 Å². The van der Waals surface area contributed by atoms with Gasteiger partial charge in [0.2, 0.25) is 5.91 Å². The minimum atomic E-state index is -0.157. The Morgan fingerprint density at radius 3 is 2.70 bits per heavy atom. The highest BCUT2D eigenvalue weighted by atomic mass is 79.9. The van der Waals surface area contributed by atoms with Crippen LogP contribution in [-0.4, -0.2) is 18.7 Å². The molecule has 2 rings (SSSR count). The van der Waals surface area contributed by atoms with Crippen molar-refractivity contribution >= 4 is 28.1 Å². The van der Waals surface area contributed by atoms with Gasteiger partial charge >= 0.3 is 0 Å². The molecule has 2 aromatic carbocycles. The van der Waals surface area contributed by atoms with Crippen LogP contribution < -0.4 is 10.2 Å². The summed E-state index contributed by atoms with van der Waals surface area (Å²) in [6, 6.07) is 15.2. The molecule has 1 N–H and O–H groups in total. The fourth-order valence-electron chi connectivity index (χ4n) is 1.93. The summed E-state index contributed by atoms with van der Waals surface area (Å²) in [7, 11) is 0. The average molecular weight is 375 g/mol. The van der Waals surface area contributed by atoms with Gasteiger partial charge in [0.05, 0.1) is 19.2 Å². The van der Waals surface area contributed by atoms with Crippen molar-refractivity contribution in [1.29, 1.82) is 0 Å². The summed E-state index contributed by atoms with van der Waals surface area (Å²) in [6.07, 6.45) is 2.83. The normalized spacial score (nSPS) is 10.7. The van der Waals surface area contributed by atoms with Crippen molar-refractivity contribution in [3.05, 3.63) is 64.1 Å². The molecule has 0 aliphatic heterocycles. The number of benzene rings is 2. The third kappa shape index (κ3) is 5.87. The Bertz CT molecular complexity index is 669. The van der Waals surface area contributed by atoms with Crippen LogP contribution in [-0.2, 0) is 11.2 Å². The van der Waals surface area contributed by atoms with E-state index in [-0.39, 0.29) is 5.91 Å². The van der Waals surface area contributed by atoms with E-state index in [4.69, 9.17) is 4.74 Å². The first-order valence-electron chi connectivity index (χ1n) is 7.47. The third-order valence-corrected chi connectivity index (χ3v) is 3.58. The van der Waals surface area contributed by atoms with Crippen molar-refractivity contribution in [1.82, 2.24) is 5.43 Å². The number of hydrazone groups is 1. The van der Waals surface area contributed by atoms with E-state index in [9.17, 15) is 4.79 Å². The van der Waals surface area contributed by atoms with Crippen LogP contribution in [0.4, 0.5) is 0 Å². The zero-order valence-corrected chi connectivity index (χ0v) is 14.5. The monoisotopic (exact) mass is 374 g/mol. The third-order valence-electron chi connectivity index (χ3n) is 3.05. The van der Waals surface area contributed by atoms with Gasteiger partial charge in [-0.1, -0.05) is 47.1 Å². The molecule has 0 saturated carbocycles. The Morgan fingerprint density at radius 2 is 1.96 bits per heavy atom. The predicted octanol–water partition coefficient (Wildman–Crippen LogP) is 3.93. The number of amides is 1.